The molecule has 0 saturated heterocycles. The lowest BCUT2D eigenvalue weighted by molar-refractivity contribution is -0.275. The molecule has 0 unspecified atom stereocenters. The number of esters is 1. The summed E-state index contributed by atoms with van der Waals surface area (Å²) in [5.74, 6) is -1.90. The molecule has 0 fully saturated rings. The van der Waals surface area contributed by atoms with Gasteiger partial charge in [-0.3, -0.25) is 9.59 Å². The number of carbonyl (C=O) groups excluding carboxylic acids is 1. The second kappa shape index (κ2) is 6.31. The molecule has 0 spiro atoms. The fourth-order valence-electron chi connectivity index (χ4n) is 1.39. The first-order valence-corrected chi connectivity index (χ1v) is 5.48. The van der Waals surface area contributed by atoms with Gasteiger partial charge in [-0.2, -0.15) is 0 Å². The monoisotopic (exact) mass is 295 g/mol. The fourth-order valence-corrected chi connectivity index (χ4v) is 1.39. The lowest BCUT2D eigenvalue weighted by atomic mass is 10.2. The molecular weight excluding hydrogens is 283 g/mol. The van der Waals surface area contributed by atoms with E-state index in [1.165, 1.54) is 7.11 Å². The van der Waals surface area contributed by atoms with E-state index in [0.29, 0.717) is 0 Å². The van der Waals surface area contributed by atoms with E-state index in [9.17, 15) is 22.8 Å². The number of aromatic amines is 1. The highest BCUT2D eigenvalue weighted by Gasteiger charge is 2.34. The molecule has 1 N–H and O–H groups in total. The van der Waals surface area contributed by atoms with Crippen LogP contribution >= 0.6 is 0 Å². The Bertz CT molecular complexity index is 538. The van der Waals surface area contributed by atoms with Gasteiger partial charge in [0.05, 0.1) is 25.8 Å². The lowest BCUT2D eigenvalue weighted by Gasteiger charge is -2.13. The van der Waals surface area contributed by atoms with E-state index in [1.807, 2.05) is 0 Å². The van der Waals surface area contributed by atoms with Crippen LogP contribution in [0, 0.1) is 0 Å². The summed E-state index contributed by atoms with van der Waals surface area (Å²) in [6.45, 7) is 1.60. The van der Waals surface area contributed by atoms with Crippen LogP contribution in [0.5, 0.6) is 11.6 Å². The predicted molar refractivity (Wildman–Crippen MR) is 60.6 cm³/mol. The maximum absolute atomic E-state index is 12.2. The second-order valence-corrected chi connectivity index (χ2v) is 3.54. The summed E-state index contributed by atoms with van der Waals surface area (Å²) in [5.41, 5.74) is -1.43. The molecule has 0 atom stereocenters. The average molecular weight is 295 g/mol. The van der Waals surface area contributed by atoms with Crippen molar-refractivity contribution in [2.75, 3.05) is 13.7 Å². The van der Waals surface area contributed by atoms with Crippen molar-refractivity contribution in [2.45, 2.75) is 19.7 Å². The highest BCUT2D eigenvalue weighted by molar-refractivity contribution is 5.72. The molecule has 0 aliphatic carbocycles. The van der Waals surface area contributed by atoms with Crippen molar-refractivity contribution >= 4 is 5.97 Å². The third kappa shape index (κ3) is 4.48. The molecule has 0 bridgehead atoms. The Morgan fingerprint density at radius 2 is 2.05 bits per heavy atom. The van der Waals surface area contributed by atoms with Crippen LogP contribution in [0.2, 0.25) is 0 Å². The van der Waals surface area contributed by atoms with E-state index >= 15 is 0 Å². The molecule has 112 valence electrons. The summed E-state index contributed by atoms with van der Waals surface area (Å²) in [6.07, 6.45) is -5.63. The molecule has 6 nitrogen and oxygen atoms in total. The quantitative estimate of drug-likeness (QED) is 0.831. The zero-order valence-corrected chi connectivity index (χ0v) is 10.7. The Balaban J connectivity index is 3.19. The summed E-state index contributed by atoms with van der Waals surface area (Å²) >= 11 is 0. The molecule has 1 aromatic heterocycles. The van der Waals surface area contributed by atoms with Crippen LogP contribution in [0.25, 0.3) is 0 Å². The minimum Gasteiger partial charge on any atom is -0.482 e. The predicted octanol–water partition coefficient (Wildman–Crippen LogP) is 1.39. The number of halogens is 3. The molecule has 0 saturated carbocycles. The van der Waals surface area contributed by atoms with Gasteiger partial charge in [0.25, 0.3) is 0 Å². The van der Waals surface area contributed by atoms with Crippen molar-refractivity contribution in [1.82, 2.24) is 4.98 Å². The second-order valence-electron chi connectivity index (χ2n) is 3.54. The molecule has 1 aromatic rings. The fraction of sp³-hybridized carbons (Fsp3) is 0.455. The molecule has 0 amide bonds. The summed E-state index contributed by atoms with van der Waals surface area (Å²) in [7, 11) is 1.21. The van der Waals surface area contributed by atoms with Crippen LogP contribution in [0.4, 0.5) is 13.2 Å². The third-order valence-corrected chi connectivity index (χ3v) is 2.10. The van der Waals surface area contributed by atoms with Gasteiger partial charge in [-0.1, -0.05) is 0 Å². The SMILES string of the molecule is CCOC(=O)Cc1[nH]c(OC)cc(=O)c1OC(F)(F)F. The molecule has 9 heteroatoms. The number of methoxy groups -OCH3 is 1. The molecule has 0 aliphatic heterocycles. The number of aromatic nitrogens is 1. The average Bonchev–Trinajstić information content (AvgIpc) is 2.32. The van der Waals surface area contributed by atoms with Gasteiger partial charge in [-0.25, -0.2) is 0 Å². The van der Waals surface area contributed by atoms with E-state index in [1.54, 1.807) is 6.92 Å². The van der Waals surface area contributed by atoms with Gasteiger partial charge >= 0.3 is 12.3 Å². The minimum absolute atomic E-state index is 0.0580. The van der Waals surface area contributed by atoms with Gasteiger partial charge in [0.15, 0.2) is 11.6 Å². The standard InChI is InChI=1S/C11H12F3NO5/c1-3-19-9(17)4-6-10(20-11(12,13)14)7(16)5-8(15-6)18-2/h5H,3-4H2,1-2H3,(H,15,16). The van der Waals surface area contributed by atoms with E-state index < -0.39 is 29.9 Å². The van der Waals surface area contributed by atoms with Crippen molar-refractivity contribution in [3.05, 3.63) is 22.0 Å². The van der Waals surface area contributed by atoms with Gasteiger partial charge in [0, 0.05) is 6.07 Å². The van der Waals surface area contributed by atoms with Gasteiger partial charge in [0.2, 0.25) is 5.43 Å². The maximum Gasteiger partial charge on any atom is 0.573 e. The number of nitrogens with one attached hydrogen (secondary N) is 1. The van der Waals surface area contributed by atoms with Crippen molar-refractivity contribution in [1.29, 1.82) is 0 Å². The molecule has 1 heterocycles. The van der Waals surface area contributed by atoms with Gasteiger partial charge in [-0.05, 0) is 6.92 Å². The summed E-state index contributed by atoms with van der Waals surface area (Å²) in [5, 5.41) is 0. The number of alkyl halides is 3. The van der Waals surface area contributed by atoms with Gasteiger partial charge < -0.3 is 19.2 Å². The number of hydrogen-bond acceptors (Lipinski definition) is 5. The van der Waals surface area contributed by atoms with Crippen LogP contribution in [0.3, 0.4) is 0 Å². The topological polar surface area (TPSA) is 77.6 Å². The Labute approximate surface area is 111 Å². The minimum atomic E-state index is -5.05. The highest BCUT2D eigenvalue weighted by atomic mass is 19.4. The first-order chi connectivity index (χ1) is 9.26. The summed E-state index contributed by atoms with van der Waals surface area (Å²) in [4.78, 5) is 25.2. The summed E-state index contributed by atoms with van der Waals surface area (Å²) < 4.78 is 49.7. The normalized spacial score (nSPS) is 11.1. The lowest BCUT2D eigenvalue weighted by Crippen LogP contribution is -2.24. The zero-order valence-electron chi connectivity index (χ0n) is 10.7. The molecule has 0 aromatic carbocycles. The Morgan fingerprint density at radius 1 is 1.40 bits per heavy atom. The molecule has 1 rings (SSSR count). The largest absolute Gasteiger partial charge is 0.573 e. The molecule has 0 radical (unpaired) electrons. The van der Waals surface area contributed by atoms with Crippen LogP contribution in [0.15, 0.2) is 10.9 Å². The number of rotatable bonds is 5. The third-order valence-electron chi connectivity index (χ3n) is 2.10. The number of ether oxygens (including phenoxy) is 3. The zero-order chi connectivity index (χ0) is 15.3. The highest BCUT2D eigenvalue weighted by Crippen LogP contribution is 2.24. The van der Waals surface area contributed by atoms with E-state index in [-0.39, 0.29) is 18.2 Å². The Kier molecular flexibility index (Phi) is 5.00. The number of hydrogen-bond donors (Lipinski definition) is 1. The van der Waals surface area contributed by atoms with Gasteiger partial charge in [0.1, 0.15) is 0 Å². The van der Waals surface area contributed by atoms with Crippen molar-refractivity contribution in [3.8, 4) is 11.6 Å². The van der Waals surface area contributed by atoms with E-state index in [4.69, 9.17) is 4.74 Å². The number of H-pyrrole nitrogens is 1. The maximum atomic E-state index is 12.2. The smallest absolute Gasteiger partial charge is 0.482 e. The first kappa shape index (κ1) is 15.9. The van der Waals surface area contributed by atoms with Crippen molar-refractivity contribution < 1.29 is 32.2 Å². The molecular formula is C11H12F3NO5. The Morgan fingerprint density at radius 3 is 2.55 bits per heavy atom. The van der Waals surface area contributed by atoms with Crippen molar-refractivity contribution in [2.24, 2.45) is 0 Å². The van der Waals surface area contributed by atoms with E-state index in [0.717, 1.165) is 6.07 Å². The summed E-state index contributed by atoms with van der Waals surface area (Å²) in [6, 6.07) is 0.787. The van der Waals surface area contributed by atoms with Crippen LogP contribution < -0.4 is 14.9 Å². The van der Waals surface area contributed by atoms with Gasteiger partial charge in [-0.15, -0.1) is 13.2 Å². The molecule has 0 aliphatic rings. The first-order valence-electron chi connectivity index (χ1n) is 5.48. The molecule has 20 heavy (non-hydrogen) atoms. The van der Waals surface area contributed by atoms with Crippen LogP contribution in [-0.2, 0) is 16.0 Å². The number of carbonyl (C=O) groups is 1. The number of pyridine rings is 1. The van der Waals surface area contributed by atoms with Crippen LogP contribution in [0.1, 0.15) is 12.6 Å². The Hall–Kier alpha value is -2.19. The van der Waals surface area contributed by atoms with Crippen LogP contribution in [-0.4, -0.2) is 31.0 Å². The van der Waals surface area contributed by atoms with Crippen molar-refractivity contribution in [3.63, 3.8) is 0 Å². The van der Waals surface area contributed by atoms with E-state index in [2.05, 4.69) is 14.5 Å².